The number of carbonyl (C=O) groups excluding carboxylic acids is 1. The Bertz CT molecular complexity index is 338. The molecule has 0 aromatic carbocycles. The quantitative estimate of drug-likeness (QED) is 0.843. The summed E-state index contributed by atoms with van der Waals surface area (Å²) in [5, 5.41) is 9.14. The summed E-state index contributed by atoms with van der Waals surface area (Å²) in [7, 11) is 0. The van der Waals surface area contributed by atoms with Crippen molar-refractivity contribution in [2.75, 3.05) is 18.8 Å². The lowest BCUT2D eigenvalue weighted by molar-refractivity contribution is -0.141. The van der Waals surface area contributed by atoms with E-state index in [1.807, 2.05) is 13.8 Å². The normalized spacial score (nSPS) is 24.3. The summed E-state index contributed by atoms with van der Waals surface area (Å²) < 4.78 is 0. The number of urea groups is 1. The van der Waals surface area contributed by atoms with E-state index >= 15 is 0 Å². The summed E-state index contributed by atoms with van der Waals surface area (Å²) in [5.74, 6) is -0.00844. The third-order valence-electron chi connectivity index (χ3n) is 3.61. The smallest absolute Gasteiger partial charge is 0.327 e. The number of aliphatic carboxylic acids is 1. The molecule has 0 saturated carbocycles. The molecule has 1 fully saturated rings. The van der Waals surface area contributed by atoms with Gasteiger partial charge in [0.1, 0.15) is 6.04 Å². The van der Waals surface area contributed by atoms with Crippen molar-refractivity contribution in [3.05, 3.63) is 0 Å². The average Bonchev–Trinajstić information content (AvgIpc) is 2.76. The molecule has 1 rings (SSSR count). The van der Waals surface area contributed by atoms with Gasteiger partial charge in [-0.05, 0) is 19.8 Å². The highest BCUT2D eigenvalue weighted by atomic mass is 32.2. The van der Waals surface area contributed by atoms with Crippen molar-refractivity contribution >= 4 is 23.8 Å². The van der Waals surface area contributed by atoms with Gasteiger partial charge in [-0.2, -0.15) is 0 Å². The van der Waals surface area contributed by atoms with Crippen molar-refractivity contribution in [3.63, 3.8) is 0 Å². The van der Waals surface area contributed by atoms with Crippen LogP contribution < -0.4 is 0 Å². The molecule has 0 spiro atoms. The van der Waals surface area contributed by atoms with E-state index < -0.39 is 12.0 Å². The van der Waals surface area contributed by atoms with E-state index in [1.54, 1.807) is 4.90 Å². The van der Waals surface area contributed by atoms with Crippen LogP contribution in [0.25, 0.3) is 0 Å². The number of hydrogen-bond donors (Lipinski definition) is 1. The molecule has 3 unspecified atom stereocenters. The second-order valence-electron chi connectivity index (χ2n) is 5.03. The molecule has 3 atom stereocenters. The summed E-state index contributed by atoms with van der Waals surface area (Å²) in [6.07, 6.45) is 1.01. The van der Waals surface area contributed by atoms with E-state index in [1.165, 1.54) is 16.7 Å². The van der Waals surface area contributed by atoms with E-state index in [0.717, 1.165) is 6.42 Å². The maximum atomic E-state index is 12.5. The highest BCUT2D eigenvalue weighted by Gasteiger charge is 2.41. The molecular formula is C13H24N2O3S. The maximum absolute atomic E-state index is 12.5. The average molecular weight is 288 g/mol. The number of carbonyl (C=O) groups is 2. The highest BCUT2D eigenvalue weighted by molar-refractivity contribution is 8.00. The van der Waals surface area contributed by atoms with Crippen LogP contribution in [0, 0.1) is 5.92 Å². The minimum atomic E-state index is -0.912. The Hall–Kier alpha value is -0.910. The molecule has 1 heterocycles. The van der Waals surface area contributed by atoms with Crippen LogP contribution in [0.2, 0.25) is 0 Å². The SMILES string of the molecule is CCC(C)CN(CC)C(=O)N1C(C)SCC1C(=O)O. The molecule has 0 aliphatic carbocycles. The zero-order chi connectivity index (χ0) is 14.6. The third kappa shape index (κ3) is 3.78. The lowest BCUT2D eigenvalue weighted by Gasteiger charge is -2.33. The summed E-state index contributed by atoms with van der Waals surface area (Å²) >= 11 is 1.52. The molecule has 0 radical (unpaired) electrons. The largest absolute Gasteiger partial charge is 0.480 e. The molecule has 0 aromatic rings. The predicted molar refractivity (Wildman–Crippen MR) is 77.3 cm³/mol. The molecule has 19 heavy (non-hydrogen) atoms. The summed E-state index contributed by atoms with van der Waals surface area (Å²) in [6.45, 7) is 9.33. The van der Waals surface area contributed by atoms with Gasteiger partial charge in [0.25, 0.3) is 0 Å². The lowest BCUT2D eigenvalue weighted by atomic mass is 10.1. The fourth-order valence-corrected chi connectivity index (χ4v) is 3.30. The topological polar surface area (TPSA) is 60.9 Å². The minimum Gasteiger partial charge on any atom is -0.480 e. The van der Waals surface area contributed by atoms with Crippen LogP contribution >= 0.6 is 11.8 Å². The number of nitrogens with zero attached hydrogens (tertiary/aromatic N) is 2. The maximum Gasteiger partial charge on any atom is 0.327 e. The first-order chi connectivity index (χ1) is 8.92. The van der Waals surface area contributed by atoms with Gasteiger partial charge in [0.2, 0.25) is 0 Å². The fourth-order valence-electron chi connectivity index (χ4n) is 2.13. The van der Waals surface area contributed by atoms with Crippen LogP contribution in [-0.4, -0.2) is 57.2 Å². The molecule has 110 valence electrons. The van der Waals surface area contributed by atoms with Gasteiger partial charge in [0.15, 0.2) is 0 Å². The van der Waals surface area contributed by atoms with Gasteiger partial charge in [0.05, 0.1) is 5.37 Å². The Balaban J connectivity index is 2.80. The number of carboxylic acid groups (broad SMARTS) is 1. The first kappa shape index (κ1) is 16.1. The van der Waals surface area contributed by atoms with Crippen LogP contribution in [0.3, 0.4) is 0 Å². The lowest BCUT2D eigenvalue weighted by Crippen LogP contribution is -2.51. The number of thioether (sulfide) groups is 1. The molecule has 1 N–H and O–H groups in total. The third-order valence-corrected chi connectivity index (χ3v) is 4.83. The number of hydrogen-bond acceptors (Lipinski definition) is 3. The summed E-state index contributed by atoms with van der Waals surface area (Å²) in [4.78, 5) is 27.0. The highest BCUT2D eigenvalue weighted by Crippen LogP contribution is 2.30. The molecule has 1 aliphatic heterocycles. The number of rotatable bonds is 5. The Morgan fingerprint density at radius 3 is 2.58 bits per heavy atom. The van der Waals surface area contributed by atoms with Gasteiger partial charge < -0.3 is 10.0 Å². The first-order valence-electron chi connectivity index (χ1n) is 6.83. The molecule has 0 aromatic heterocycles. The fraction of sp³-hybridized carbons (Fsp3) is 0.846. The van der Waals surface area contributed by atoms with Crippen LogP contribution in [0.1, 0.15) is 34.1 Å². The van der Waals surface area contributed by atoms with Crippen molar-refractivity contribution in [3.8, 4) is 0 Å². The Kier molecular flexibility index (Phi) is 5.97. The second-order valence-corrected chi connectivity index (χ2v) is 6.38. The van der Waals surface area contributed by atoms with Gasteiger partial charge in [-0.3, -0.25) is 4.90 Å². The van der Waals surface area contributed by atoms with Crippen molar-refractivity contribution in [2.24, 2.45) is 5.92 Å². The number of carboxylic acids is 1. The summed E-state index contributed by atoms with van der Waals surface area (Å²) in [6, 6.07) is -0.841. The molecule has 2 amide bonds. The Morgan fingerprint density at radius 1 is 1.47 bits per heavy atom. The first-order valence-corrected chi connectivity index (χ1v) is 7.88. The summed E-state index contributed by atoms with van der Waals surface area (Å²) in [5.41, 5.74) is 0. The van der Waals surface area contributed by atoms with Gasteiger partial charge in [-0.25, -0.2) is 9.59 Å². The van der Waals surface area contributed by atoms with E-state index in [9.17, 15) is 14.7 Å². The molecule has 0 bridgehead atoms. The van der Waals surface area contributed by atoms with Gasteiger partial charge in [0, 0.05) is 18.8 Å². The van der Waals surface area contributed by atoms with E-state index in [0.29, 0.717) is 24.8 Å². The van der Waals surface area contributed by atoms with Gasteiger partial charge in [-0.1, -0.05) is 20.3 Å². The van der Waals surface area contributed by atoms with E-state index in [4.69, 9.17) is 0 Å². The zero-order valence-electron chi connectivity index (χ0n) is 12.1. The minimum absolute atomic E-state index is 0.0698. The van der Waals surface area contributed by atoms with Crippen LogP contribution in [-0.2, 0) is 4.79 Å². The Morgan fingerprint density at radius 2 is 2.11 bits per heavy atom. The second kappa shape index (κ2) is 7.03. The van der Waals surface area contributed by atoms with Crippen LogP contribution in [0.4, 0.5) is 4.79 Å². The van der Waals surface area contributed by atoms with Gasteiger partial charge in [-0.15, -0.1) is 11.8 Å². The van der Waals surface area contributed by atoms with E-state index in [2.05, 4.69) is 13.8 Å². The molecule has 6 heteroatoms. The van der Waals surface area contributed by atoms with Crippen molar-refractivity contribution < 1.29 is 14.7 Å². The Labute approximate surface area is 119 Å². The molecular weight excluding hydrogens is 264 g/mol. The van der Waals surface area contributed by atoms with Crippen molar-refractivity contribution in [1.29, 1.82) is 0 Å². The number of amides is 2. The van der Waals surface area contributed by atoms with Crippen LogP contribution in [0.15, 0.2) is 0 Å². The molecule has 5 nitrogen and oxygen atoms in total. The van der Waals surface area contributed by atoms with Crippen molar-refractivity contribution in [2.45, 2.75) is 45.5 Å². The van der Waals surface area contributed by atoms with Crippen LogP contribution in [0.5, 0.6) is 0 Å². The predicted octanol–water partition coefficient (Wildman–Crippen LogP) is 2.32. The van der Waals surface area contributed by atoms with Gasteiger partial charge >= 0.3 is 12.0 Å². The molecule has 1 aliphatic rings. The van der Waals surface area contributed by atoms with E-state index in [-0.39, 0.29) is 11.4 Å². The van der Waals surface area contributed by atoms with Crippen molar-refractivity contribution in [1.82, 2.24) is 9.80 Å². The monoisotopic (exact) mass is 288 g/mol. The standard InChI is InChI=1S/C13H24N2O3S/c1-5-9(3)7-14(6-2)13(18)15-10(4)19-8-11(15)12(16)17/h9-11H,5-8H2,1-4H3,(H,16,17). The molecule has 1 saturated heterocycles. The zero-order valence-corrected chi connectivity index (χ0v) is 12.9.